The maximum absolute atomic E-state index is 14.8. The molecule has 0 N–H and O–H groups in total. The molecule has 1 nitrogen and oxygen atoms in total. The average molecular weight is 477 g/mol. The van der Waals surface area contributed by atoms with E-state index in [2.05, 4.69) is 0 Å². The Labute approximate surface area is 206 Å². The fourth-order valence-electron chi connectivity index (χ4n) is 4.84. The predicted molar refractivity (Wildman–Crippen MR) is 138 cm³/mol. The molecule has 1 aliphatic carbocycles. The van der Waals surface area contributed by atoms with Gasteiger partial charge in [0.25, 0.3) is 0 Å². The van der Waals surface area contributed by atoms with E-state index in [-0.39, 0.29) is 28.8 Å². The van der Waals surface area contributed by atoms with Crippen LogP contribution >= 0.6 is 0 Å². The summed E-state index contributed by atoms with van der Waals surface area (Å²) in [5.41, 5.74) is 2.89. The molecule has 4 rings (SSSR count). The molecule has 35 heavy (non-hydrogen) atoms. The summed E-state index contributed by atoms with van der Waals surface area (Å²) in [5.74, 6) is -0.899. The Morgan fingerprint density at radius 2 is 1.60 bits per heavy atom. The molecule has 0 radical (unpaired) electrons. The van der Waals surface area contributed by atoms with Gasteiger partial charge in [-0.1, -0.05) is 66.8 Å². The van der Waals surface area contributed by atoms with Crippen molar-refractivity contribution in [3.05, 3.63) is 101 Å². The van der Waals surface area contributed by atoms with Gasteiger partial charge in [-0.15, -0.1) is 0 Å². The Morgan fingerprint density at radius 3 is 2.26 bits per heavy atom. The van der Waals surface area contributed by atoms with Crippen molar-refractivity contribution >= 4 is 12.2 Å². The highest BCUT2D eigenvalue weighted by atomic mass is 19.2. The Kier molecular flexibility index (Phi) is 8.12. The zero-order valence-electron chi connectivity index (χ0n) is 20.2. The summed E-state index contributed by atoms with van der Waals surface area (Å²) in [5, 5.41) is 0. The molecule has 0 aliphatic heterocycles. The van der Waals surface area contributed by atoms with Gasteiger partial charge in [0.15, 0.2) is 11.6 Å². The third kappa shape index (κ3) is 5.87. The van der Waals surface area contributed by atoms with Crippen LogP contribution in [0.2, 0.25) is 0 Å². The number of rotatable bonds is 7. The van der Waals surface area contributed by atoms with Crippen molar-refractivity contribution in [2.45, 2.75) is 45.4 Å². The summed E-state index contributed by atoms with van der Waals surface area (Å²) in [7, 11) is 0. The van der Waals surface area contributed by atoms with Crippen LogP contribution < -0.4 is 4.74 Å². The number of halogens is 3. The molecule has 0 saturated heterocycles. The van der Waals surface area contributed by atoms with Crippen molar-refractivity contribution in [3.63, 3.8) is 0 Å². The Morgan fingerprint density at radius 1 is 0.857 bits per heavy atom. The first-order chi connectivity index (χ1) is 17.0. The van der Waals surface area contributed by atoms with E-state index in [9.17, 15) is 13.2 Å². The zero-order valence-corrected chi connectivity index (χ0v) is 20.2. The van der Waals surface area contributed by atoms with E-state index >= 15 is 0 Å². The molecular formula is C31H31F3O. The van der Waals surface area contributed by atoms with E-state index in [0.717, 1.165) is 36.8 Å². The molecule has 1 aliphatic rings. The van der Waals surface area contributed by atoms with Gasteiger partial charge in [-0.2, -0.15) is 0 Å². The minimum absolute atomic E-state index is 0.169. The van der Waals surface area contributed by atoms with Crippen molar-refractivity contribution < 1.29 is 17.9 Å². The summed E-state index contributed by atoms with van der Waals surface area (Å²) >= 11 is 0. The molecule has 0 atom stereocenters. The standard InChI is InChI=1S/C31H31F3O/c1-3-5-21-6-13-24(14-7-21)28-18-16-25(30(33)31(28)34)15-10-22-8-11-23(12-9-22)27-19-17-26(35-4-2)20-29(27)32/h3,5-7,10,13-20,22-23H,4,8-9,11-12H2,1-2H3/b5-3+,15-10+. The van der Waals surface area contributed by atoms with Gasteiger partial charge >= 0.3 is 0 Å². The first-order valence-electron chi connectivity index (χ1n) is 12.3. The van der Waals surface area contributed by atoms with E-state index in [1.807, 2.05) is 56.3 Å². The van der Waals surface area contributed by atoms with Crippen LogP contribution in [-0.4, -0.2) is 6.61 Å². The predicted octanol–water partition coefficient (Wildman–Crippen LogP) is 9.19. The van der Waals surface area contributed by atoms with Gasteiger partial charge < -0.3 is 4.74 Å². The Bertz CT molecular complexity index is 1200. The van der Waals surface area contributed by atoms with E-state index in [1.54, 1.807) is 30.3 Å². The number of benzene rings is 3. The first-order valence-corrected chi connectivity index (χ1v) is 12.3. The van der Waals surface area contributed by atoms with E-state index in [0.29, 0.717) is 17.9 Å². The summed E-state index contributed by atoms with van der Waals surface area (Å²) in [6.45, 7) is 4.31. The second kappa shape index (κ2) is 11.4. The minimum atomic E-state index is -0.833. The van der Waals surface area contributed by atoms with Crippen molar-refractivity contribution in [1.82, 2.24) is 0 Å². The molecule has 0 amide bonds. The van der Waals surface area contributed by atoms with Crippen LogP contribution in [0.3, 0.4) is 0 Å². The molecular weight excluding hydrogens is 445 g/mol. The zero-order chi connectivity index (χ0) is 24.8. The molecule has 182 valence electrons. The lowest BCUT2D eigenvalue weighted by molar-refractivity contribution is 0.336. The van der Waals surface area contributed by atoms with Crippen LogP contribution in [0.1, 0.15) is 62.1 Å². The summed E-state index contributed by atoms with van der Waals surface area (Å²) < 4.78 is 49.6. The van der Waals surface area contributed by atoms with Crippen molar-refractivity contribution in [2.75, 3.05) is 6.61 Å². The largest absolute Gasteiger partial charge is 0.494 e. The lowest BCUT2D eigenvalue weighted by Crippen LogP contribution is -2.13. The number of hydrogen-bond donors (Lipinski definition) is 0. The van der Waals surface area contributed by atoms with Gasteiger partial charge in [-0.3, -0.25) is 0 Å². The van der Waals surface area contributed by atoms with Gasteiger partial charge in [0.2, 0.25) is 0 Å². The molecule has 1 fully saturated rings. The van der Waals surface area contributed by atoms with Gasteiger partial charge in [-0.25, -0.2) is 13.2 Å². The number of allylic oxidation sites excluding steroid dienone is 2. The van der Waals surface area contributed by atoms with Crippen LogP contribution in [0.15, 0.2) is 66.7 Å². The van der Waals surface area contributed by atoms with Gasteiger partial charge in [-0.05, 0) is 74.1 Å². The van der Waals surface area contributed by atoms with E-state index < -0.39 is 11.6 Å². The molecule has 3 aromatic rings. The fraction of sp³-hybridized carbons (Fsp3) is 0.290. The van der Waals surface area contributed by atoms with Gasteiger partial charge in [0.05, 0.1) is 6.61 Å². The molecule has 0 heterocycles. The van der Waals surface area contributed by atoms with Crippen LogP contribution in [0.25, 0.3) is 23.3 Å². The first kappa shape index (κ1) is 24.8. The molecule has 0 spiro atoms. The second-order valence-corrected chi connectivity index (χ2v) is 9.04. The Hall–Kier alpha value is -3.27. The maximum Gasteiger partial charge on any atom is 0.167 e. The molecule has 0 bridgehead atoms. The smallest absolute Gasteiger partial charge is 0.167 e. The lowest BCUT2D eigenvalue weighted by atomic mass is 9.78. The summed E-state index contributed by atoms with van der Waals surface area (Å²) in [4.78, 5) is 0. The van der Waals surface area contributed by atoms with Crippen LogP contribution in [0.5, 0.6) is 5.75 Å². The van der Waals surface area contributed by atoms with Crippen LogP contribution in [0.4, 0.5) is 13.2 Å². The van der Waals surface area contributed by atoms with Gasteiger partial charge in [0, 0.05) is 17.2 Å². The van der Waals surface area contributed by atoms with Crippen molar-refractivity contribution in [2.24, 2.45) is 5.92 Å². The van der Waals surface area contributed by atoms with Crippen LogP contribution in [-0.2, 0) is 0 Å². The number of ether oxygens (including phenoxy) is 1. The number of hydrogen-bond acceptors (Lipinski definition) is 1. The average Bonchev–Trinajstić information content (AvgIpc) is 2.87. The highest BCUT2D eigenvalue weighted by Crippen LogP contribution is 2.38. The molecule has 4 heteroatoms. The highest BCUT2D eigenvalue weighted by Gasteiger charge is 2.23. The maximum atomic E-state index is 14.8. The lowest BCUT2D eigenvalue weighted by Gasteiger charge is -2.27. The normalized spacial score (nSPS) is 18.4. The molecule has 3 aromatic carbocycles. The summed E-state index contributed by atoms with van der Waals surface area (Å²) in [6, 6.07) is 15.7. The topological polar surface area (TPSA) is 9.23 Å². The third-order valence-electron chi connectivity index (χ3n) is 6.74. The molecule has 0 aromatic heterocycles. The quantitative estimate of drug-likeness (QED) is 0.330. The van der Waals surface area contributed by atoms with Gasteiger partial charge in [0.1, 0.15) is 11.6 Å². The monoisotopic (exact) mass is 476 g/mol. The highest BCUT2D eigenvalue weighted by molar-refractivity contribution is 5.68. The second-order valence-electron chi connectivity index (χ2n) is 9.04. The third-order valence-corrected chi connectivity index (χ3v) is 6.74. The van der Waals surface area contributed by atoms with E-state index in [1.165, 1.54) is 6.07 Å². The fourth-order valence-corrected chi connectivity index (χ4v) is 4.84. The molecule has 1 saturated carbocycles. The minimum Gasteiger partial charge on any atom is -0.494 e. The molecule has 0 unspecified atom stereocenters. The SMILES string of the molecule is C/C=C/c1ccc(-c2ccc(/C=C/C3CCC(c4ccc(OCC)cc4F)CC3)c(F)c2F)cc1. The van der Waals surface area contributed by atoms with Crippen molar-refractivity contribution in [3.8, 4) is 16.9 Å². The van der Waals surface area contributed by atoms with E-state index in [4.69, 9.17) is 4.74 Å². The Balaban J connectivity index is 1.40. The van der Waals surface area contributed by atoms with Crippen molar-refractivity contribution in [1.29, 1.82) is 0 Å². The summed E-state index contributed by atoms with van der Waals surface area (Å²) in [6.07, 6.45) is 11.0. The van der Waals surface area contributed by atoms with Crippen LogP contribution in [0, 0.1) is 23.4 Å².